The quantitative estimate of drug-likeness (QED) is 0.696. The van der Waals surface area contributed by atoms with E-state index in [1.54, 1.807) is 6.92 Å². The van der Waals surface area contributed by atoms with Gasteiger partial charge in [-0.15, -0.1) is 0 Å². The van der Waals surface area contributed by atoms with Gasteiger partial charge in [0.25, 0.3) is 0 Å². The Bertz CT molecular complexity index is 612. The maximum absolute atomic E-state index is 10.0. The molecule has 0 fully saturated rings. The van der Waals surface area contributed by atoms with Crippen LogP contribution in [0.5, 0.6) is 12.0 Å². The normalized spacial score (nSPS) is 13.5. The Morgan fingerprint density at radius 2 is 2.00 bits per heavy atom. The highest BCUT2D eigenvalue weighted by Gasteiger charge is 2.13. The SMILES string of the molecule is COc1nncc(C(O)CCOc2ncnc(C(C)O)n2)n1. The van der Waals surface area contributed by atoms with Gasteiger partial charge < -0.3 is 19.7 Å². The van der Waals surface area contributed by atoms with Crippen molar-refractivity contribution in [1.82, 2.24) is 30.1 Å². The third-order valence-electron chi connectivity index (χ3n) is 2.65. The molecular weight excluding hydrogens is 292 g/mol. The molecule has 0 bridgehead atoms. The number of hydrogen-bond donors (Lipinski definition) is 2. The van der Waals surface area contributed by atoms with E-state index in [-0.39, 0.29) is 30.9 Å². The molecule has 0 spiro atoms. The monoisotopic (exact) mass is 308 g/mol. The molecule has 0 saturated heterocycles. The third kappa shape index (κ3) is 4.27. The van der Waals surface area contributed by atoms with Crippen LogP contribution in [0.25, 0.3) is 0 Å². The predicted molar refractivity (Wildman–Crippen MR) is 71.9 cm³/mol. The Labute approximate surface area is 126 Å². The second kappa shape index (κ2) is 7.52. The molecule has 2 heterocycles. The first-order chi connectivity index (χ1) is 10.6. The highest BCUT2D eigenvalue weighted by molar-refractivity contribution is 5.03. The van der Waals surface area contributed by atoms with Crippen molar-refractivity contribution in [2.24, 2.45) is 0 Å². The van der Waals surface area contributed by atoms with Crippen molar-refractivity contribution in [3.8, 4) is 12.0 Å². The van der Waals surface area contributed by atoms with E-state index in [4.69, 9.17) is 9.47 Å². The number of aliphatic hydroxyl groups is 2. The maximum atomic E-state index is 10.0. The maximum Gasteiger partial charge on any atom is 0.335 e. The molecule has 0 amide bonds. The van der Waals surface area contributed by atoms with Crippen molar-refractivity contribution in [2.75, 3.05) is 13.7 Å². The average molecular weight is 308 g/mol. The number of ether oxygens (including phenoxy) is 2. The Morgan fingerprint density at radius 1 is 1.18 bits per heavy atom. The summed E-state index contributed by atoms with van der Waals surface area (Å²) in [6.45, 7) is 1.69. The zero-order valence-electron chi connectivity index (χ0n) is 12.1. The van der Waals surface area contributed by atoms with Crippen molar-refractivity contribution in [2.45, 2.75) is 25.6 Å². The van der Waals surface area contributed by atoms with Gasteiger partial charge in [-0.3, -0.25) is 0 Å². The van der Waals surface area contributed by atoms with Crippen molar-refractivity contribution in [3.05, 3.63) is 24.0 Å². The van der Waals surface area contributed by atoms with Crippen LogP contribution >= 0.6 is 0 Å². The van der Waals surface area contributed by atoms with E-state index in [9.17, 15) is 10.2 Å². The Kier molecular flexibility index (Phi) is 5.44. The first-order valence-corrected chi connectivity index (χ1v) is 6.51. The van der Waals surface area contributed by atoms with Crippen LogP contribution in [0.15, 0.2) is 12.5 Å². The number of nitrogens with zero attached hydrogens (tertiary/aromatic N) is 6. The van der Waals surface area contributed by atoms with Gasteiger partial charge in [-0.25, -0.2) is 4.98 Å². The number of hydrogen-bond acceptors (Lipinski definition) is 10. The lowest BCUT2D eigenvalue weighted by atomic mass is 10.2. The predicted octanol–water partition coefficient (Wildman–Crippen LogP) is -0.379. The molecule has 0 aromatic carbocycles. The summed E-state index contributed by atoms with van der Waals surface area (Å²) in [6, 6.07) is 0.160. The zero-order chi connectivity index (χ0) is 15.9. The van der Waals surface area contributed by atoms with E-state index in [1.165, 1.54) is 19.6 Å². The number of aliphatic hydroxyl groups excluding tert-OH is 2. The molecule has 2 aromatic rings. The van der Waals surface area contributed by atoms with E-state index in [2.05, 4.69) is 30.1 Å². The summed E-state index contributed by atoms with van der Waals surface area (Å²) < 4.78 is 10.2. The van der Waals surface area contributed by atoms with E-state index in [0.717, 1.165) is 0 Å². The summed E-state index contributed by atoms with van der Waals surface area (Å²) in [6.07, 6.45) is 1.15. The van der Waals surface area contributed by atoms with Crippen LogP contribution in [0.1, 0.15) is 37.1 Å². The third-order valence-corrected chi connectivity index (χ3v) is 2.65. The highest BCUT2D eigenvalue weighted by atomic mass is 16.5. The molecule has 0 aliphatic rings. The largest absolute Gasteiger partial charge is 0.466 e. The number of aromatic nitrogens is 6. The van der Waals surface area contributed by atoms with Crippen LogP contribution < -0.4 is 9.47 Å². The molecule has 0 saturated carbocycles. The second-order valence-electron chi connectivity index (χ2n) is 4.32. The summed E-state index contributed by atoms with van der Waals surface area (Å²) in [5, 5.41) is 26.7. The summed E-state index contributed by atoms with van der Waals surface area (Å²) in [5.74, 6) is 0.218. The summed E-state index contributed by atoms with van der Waals surface area (Å²) in [4.78, 5) is 15.5. The molecule has 2 aromatic heterocycles. The molecular formula is C12H16N6O4. The van der Waals surface area contributed by atoms with E-state index >= 15 is 0 Å². The smallest absolute Gasteiger partial charge is 0.335 e. The first-order valence-electron chi connectivity index (χ1n) is 6.51. The van der Waals surface area contributed by atoms with E-state index in [0.29, 0.717) is 5.69 Å². The lowest BCUT2D eigenvalue weighted by Crippen LogP contribution is -2.11. The molecule has 10 heteroatoms. The van der Waals surface area contributed by atoms with Gasteiger partial charge in [0.1, 0.15) is 18.5 Å². The molecule has 0 aliphatic carbocycles. The van der Waals surface area contributed by atoms with Gasteiger partial charge in [-0.1, -0.05) is 5.10 Å². The number of rotatable bonds is 7. The highest BCUT2D eigenvalue weighted by Crippen LogP contribution is 2.15. The van der Waals surface area contributed by atoms with Gasteiger partial charge in [0.15, 0.2) is 5.82 Å². The molecule has 2 rings (SSSR count). The Morgan fingerprint density at radius 3 is 2.73 bits per heavy atom. The molecule has 2 atom stereocenters. The van der Waals surface area contributed by atoms with Crippen LogP contribution in [0.4, 0.5) is 0 Å². The summed E-state index contributed by atoms with van der Waals surface area (Å²) >= 11 is 0. The van der Waals surface area contributed by atoms with Gasteiger partial charge in [0, 0.05) is 6.42 Å². The van der Waals surface area contributed by atoms with E-state index in [1.807, 2.05) is 0 Å². The van der Waals surface area contributed by atoms with Gasteiger partial charge in [0.2, 0.25) is 0 Å². The van der Waals surface area contributed by atoms with Gasteiger partial charge in [-0.05, 0) is 6.92 Å². The molecule has 22 heavy (non-hydrogen) atoms. The van der Waals surface area contributed by atoms with E-state index < -0.39 is 12.2 Å². The number of methoxy groups -OCH3 is 1. The summed E-state index contributed by atoms with van der Waals surface area (Å²) in [7, 11) is 1.41. The zero-order valence-corrected chi connectivity index (χ0v) is 12.1. The molecule has 0 radical (unpaired) electrons. The second-order valence-corrected chi connectivity index (χ2v) is 4.32. The van der Waals surface area contributed by atoms with Crippen LogP contribution in [-0.4, -0.2) is 54.1 Å². The van der Waals surface area contributed by atoms with Gasteiger partial charge in [0.05, 0.1) is 25.6 Å². The Balaban J connectivity index is 1.88. The van der Waals surface area contributed by atoms with Crippen molar-refractivity contribution in [1.29, 1.82) is 0 Å². The van der Waals surface area contributed by atoms with Gasteiger partial charge in [-0.2, -0.15) is 20.1 Å². The Hall–Kier alpha value is -2.46. The van der Waals surface area contributed by atoms with Gasteiger partial charge >= 0.3 is 12.0 Å². The lowest BCUT2D eigenvalue weighted by Gasteiger charge is -2.10. The molecule has 2 unspecified atom stereocenters. The molecule has 10 nitrogen and oxygen atoms in total. The fourth-order valence-corrected chi connectivity index (χ4v) is 1.52. The summed E-state index contributed by atoms with van der Waals surface area (Å²) in [5.41, 5.74) is 0.329. The van der Waals surface area contributed by atoms with Crippen LogP contribution in [0.3, 0.4) is 0 Å². The van der Waals surface area contributed by atoms with Crippen molar-refractivity contribution >= 4 is 0 Å². The topological polar surface area (TPSA) is 136 Å². The first kappa shape index (κ1) is 15.9. The minimum absolute atomic E-state index is 0.0801. The molecule has 118 valence electrons. The minimum Gasteiger partial charge on any atom is -0.466 e. The minimum atomic E-state index is -0.887. The average Bonchev–Trinajstić information content (AvgIpc) is 2.55. The standard InChI is InChI=1S/C12H16N6O4/c1-7(19)10-13-6-14-11(17-10)22-4-3-9(20)8-5-15-18-12(16-8)21-2/h5-7,9,19-20H,3-4H2,1-2H3. The fraction of sp³-hybridized carbons (Fsp3) is 0.500. The van der Waals surface area contributed by atoms with Crippen molar-refractivity contribution in [3.63, 3.8) is 0 Å². The van der Waals surface area contributed by atoms with Crippen molar-refractivity contribution < 1.29 is 19.7 Å². The molecule has 2 N–H and O–H groups in total. The lowest BCUT2D eigenvalue weighted by molar-refractivity contribution is 0.131. The fourth-order valence-electron chi connectivity index (χ4n) is 1.52. The van der Waals surface area contributed by atoms with Crippen LogP contribution in [0.2, 0.25) is 0 Å². The van der Waals surface area contributed by atoms with Crippen LogP contribution in [0, 0.1) is 0 Å². The van der Waals surface area contributed by atoms with Crippen LogP contribution in [-0.2, 0) is 0 Å². The molecule has 0 aliphatic heterocycles.